The maximum atomic E-state index is 13.0. The number of rotatable bonds is 6. The van der Waals surface area contributed by atoms with Gasteiger partial charge in [-0.05, 0) is 56.9 Å². The zero-order valence-electron chi connectivity index (χ0n) is 16.3. The maximum absolute atomic E-state index is 13.0. The van der Waals surface area contributed by atoms with Gasteiger partial charge in [0, 0.05) is 0 Å². The van der Waals surface area contributed by atoms with Crippen LogP contribution in [0.3, 0.4) is 0 Å². The summed E-state index contributed by atoms with van der Waals surface area (Å²) in [6, 6.07) is 13.6. The fraction of sp³-hybridized carbons (Fsp3) is 0.364. The van der Waals surface area contributed by atoms with Gasteiger partial charge in [0.05, 0.1) is 13.7 Å². The summed E-state index contributed by atoms with van der Waals surface area (Å²) in [6.07, 6.45) is 1.25. The second-order valence-electron chi connectivity index (χ2n) is 7.50. The highest BCUT2D eigenvalue weighted by atomic mass is 16.5. The zero-order chi connectivity index (χ0) is 19.6. The maximum Gasteiger partial charge on any atom is 0.325 e. The standard InChI is InChI=1S/C22H26N2O3/c1-15-11-16(2)13-18(12-15)14-24-20(25)22(3,23-21(24)26)10-9-17-5-7-19(27-4)8-6-17/h5-8,11-13H,9-10,14H2,1-4H3,(H,23,26). The van der Waals surface area contributed by atoms with Crippen molar-refractivity contribution in [1.29, 1.82) is 0 Å². The van der Waals surface area contributed by atoms with Crippen LogP contribution in [0.5, 0.6) is 5.75 Å². The number of imide groups is 1. The number of amides is 3. The van der Waals surface area contributed by atoms with Crippen molar-refractivity contribution in [2.75, 3.05) is 7.11 Å². The summed E-state index contributed by atoms with van der Waals surface area (Å²) in [5.41, 5.74) is 3.44. The molecule has 2 aromatic carbocycles. The molecule has 5 heteroatoms. The molecule has 0 aromatic heterocycles. The largest absolute Gasteiger partial charge is 0.497 e. The number of nitrogens with zero attached hydrogens (tertiary/aromatic N) is 1. The van der Waals surface area contributed by atoms with E-state index in [4.69, 9.17) is 4.74 Å². The summed E-state index contributed by atoms with van der Waals surface area (Å²) >= 11 is 0. The van der Waals surface area contributed by atoms with E-state index in [9.17, 15) is 9.59 Å². The Bertz CT molecular complexity index is 840. The van der Waals surface area contributed by atoms with Crippen LogP contribution in [0, 0.1) is 13.8 Å². The minimum atomic E-state index is -0.879. The summed E-state index contributed by atoms with van der Waals surface area (Å²) in [5.74, 6) is 0.634. The normalized spacial score (nSPS) is 19.3. The average Bonchev–Trinajstić information content (AvgIpc) is 2.83. The van der Waals surface area contributed by atoms with Crippen molar-refractivity contribution in [3.8, 4) is 5.75 Å². The highest BCUT2D eigenvalue weighted by molar-refractivity contribution is 6.06. The third-order valence-electron chi connectivity index (χ3n) is 5.04. The van der Waals surface area contributed by atoms with Crippen molar-refractivity contribution in [2.24, 2.45) is 0 Å². The van der Waals surface area contributed by atoms with E-state index in [0.717, 1.165) is 28.0 Å². The minimum Gasteiger partial charge on any atom is -0.497 e. The number of methoxy groups -OCH3 is 1. The molecule has 0 spiro atoms. The average molecular weight is 366 g/mol. The van der Waals surface area contributed by atoms with Gasteiger partial charge in [-0.15, -0.1) is 0 Å². The highest BCUT2D eigenvalue weighted by Crippen LogP contribution is 2.25. The monoisotopic (exact) mass is 366 g/mol. The van der Waals surface area contributed by atoms with Crippen LogP contribution in [0.2, 0.25) is 0 Å². The first-order chi connectivity index (χ1) is 12.8. The lowest BCUT2D eigenvalue weighted by atomic mass is 9.93. The molecule has 3 rings (SSSR count). The van der Waals surface area contributed by atoms with Crippen LogP contribution >= 0.6 is 0 Å². The van der Waals surface area contributed by atoms with Gasteiger partial charge in [-0.25, -0.2) is 4.79 Å². The molecule has 1 aliphatic rings. The Morgan fingerprint density at radius 2 is 1.63 bits per heavy atom. The molecule has 1 unspecified atom stereocenters. The van der Waals surface area contributed by atoms with E-state index in [1.807, 2.05) is 50.2 Å². The molecule has 2 aromatic rings. The van der Waals surface area contributed by atoms with Crippen LogP contribution in [0.25, 0.3) is 0 Å². The Kier molecular flexibility index (Phi) is 5.22. The van der Waals surface area contributed by atoms with Gasteiger partial charge in [-0.2, -0.15) is 0 Å². The SMILES string of the molecule is COc1ccc(CCC2(C)NC(=O)N(Cc3cc(C)cc(C)c3)C2=O)cc1. The van der Waals surface area contributed by atoms with Crippen LogP contribution < -0.4 is 10.1 Å². The summed E-state index contributed by atoms with van der Waals surface area (Å²) in [4.78, 5) is 26.7. The first-order valence-electron chi connectivity index (χ1n) is 9.15. The summed E-state index contributed by atoms with van der Waals surface area (Å²) < 4.78 is 5.17. The second kappa shape index (κ2) is 7.43. The lowest BCUT2D eigenvalue weighted by molar-refractivity contribution is -0.131. The lowest BCUT2D eigenvalue weighted by Gasteiger charge is -2.22. The van der Waals surface area contributed by atoms with E-state index in [0.29, 0.717) is 19.4 Å². The molecule has 1 aliphatic heterocycles. The molecule has 3 amide bonds. The number of carbonyl (C=O) groups is 2. The lowest BCUT2D eigenvalue weighted by Crippen LogP contribution is -2.44. The van der Waals surface area contributed by atoms with Gasteiger partial charge in [-0.3, -0.25) is 9.69 Å². The highest BCUT2D eigenvalue weighted by Gasteiger charge is 2.47. The van der Waals surface area contributed by atoms with E-state index < -0.39 is 5.54 Å². The smallest absolute Gasteiger partial charge is 0.325 e. The number of carbonyl (C=O) groups excluding carboxylic acids is 2. The summed E-state index contributed by atoms with van der Waals surface area (Å²) in [5, 5.41) is 2.89. The van der Waals surface area contributed by atoms with Gasteiger partial charge in [0.2, 0.25) is 0 Å². The molecule has 5 nitrogen and oxygen atoms in total. The van der Waals surface area contributed by atoms with Crippen LogP contribution in [0.4, 0.5) is 4.79 Å². The van der Waals surface area contributed by atoms with Crippen molar-refractivity contribution < 1.29 is 14.3 Å². The number of hydrogen-bond donors (Lipinski definition) is 1. The molecule has 1 saturated heterocycles. The molecular weight excluding hydrogens is 340 g/mol. The van der Waals surface area contributed by atoms with Crippen molar-refractivity contribution >= 4 is 11.9 Å². The number of benzene rings is 2. The Labute approximate surface area is 160 Å². The van der Waals surface area contributed by atoms with Gasteiger partial charge in [0.15, 0.2) is 0 Å². The number of hydrogen-bond acceptors (Lipinski definition) is 3. The molecule has 0 radical (unpaired) electrons. The molecule has 1 atom stereocenters. The fourth-order valence-electron chi connectivity index (χ4n) is 3.59. The quantitative estimate of drug-likeness (QED) is 0.792. The second-order valence-corrected chi connectivity index (χ2v) is 7.50. The van der Waals surface area contributed by atoms with E-state index in [1.54, 1.807) is 14.0 Å². The van der Waals surface area contributed by atoms with Gasteiger partial charge in [0.1, 0.15) is 11.3 Å². The third-order valence-corrected chi connectivity index (χ3v) is 5.04. The minimum absolute atomic E-state index is 0.167. The first kappa shape index (κ1) is 19.0. The Balaban J connectivity index is 1.69. The molecule has 1 N–H and O–H groups in total. The van der Waals surface area contributed by atoms with Crippen molar-refractivity contribution in [3.05, 3.63) is 64.7 Å². The Morgan fingerprint density at radius 3 is 2.22 bits per heavy atom. The molecule has 1 fully saturated rings. The Hall–Kier alpha value is -2.82. The summed E-state index contributed by atoms with van der Waals surface area (Å²) in [6.45, 7) is 6.13. The number of urea groups is 1. The van der Waals surface area contributed by atoms with Crippen molar-refractivity contribution in [3.63, 3.8) is 0 Å². The van der Waals surface area contributed by atoms with Gasteiger partial charge < -0.3 is 10.1 Å². The van der Waals surface area contributed by atoms with Crippen LogP contribution in [-0.4, -0.2) is 29.5 Å². The van der Waals surface area contributed by atoms with Crippen LogP contribution in [-0.2, 0) is 17.8 Å². The molecule has 0 bridgehead atoms. The third kappa shape index (κ3) is 4.13. The zero-order valence-corrected chi connectivity index (χ0v) is 16.3. The predicted molar refractivity (Wildman–Crippen MR) is 105 cm³/mol. The van der Waals surface area contributed by atoms with E-state index in [2.05, 4.69) is 11.4 Å². The number of ether oxygens (including phenoxy) is 1. The molecule has 27 heavy (non-hydrogen) atoms. The molecule has 142 valence electrons. The molecule has 0 aliphatic carbocycles. The Morgan fingerprint density at radius 1 is 1.00 bits per heavy atom. The van der Waals surface area contributed by atoms with Crippen LogP contribution in [0.15, 0.2) is 42.5 Å². The van der Waals surface area contributed by atoms with Crippen molar-refractivity contribution in [1.82, 2.24) is 10.2 Å². The van der Waals surface area contributed by atoms with E-state index in [-0.39, 0.29) is 11.9 Å². The molecular formula is C22H26N2O3. The molecule has 1 heterocycles. The van der Waals surface area contributed by atoms with Crippen LogP contribution in [0.1, 0.15) is 35.6 Å². The first-order valence-corrected chi connectivity index (χ1v) is 9.15. The number of aryl methyl sites for hydroxylation is 3. The van der Waals surface area contributed by atoms with E-state index >= 15 is 0 Å². The van der Waals surface area contributed by atoms with Gasteiger partial charge >= 0.3 is 6.03 Å². The van der Waals surface area contributed by atoms with Gasteiger partial charge in [-0.1, -0.05) is 41.5 Å². The number of nitrogens with one attached hydrogen (secondary N) is 1. The topological polar surface area (TPSA) is 58.6 Å². The molecule has 0 saturated carbocycles. The van der Waals surface area contributed by atoms with Crippen molar-refractivity contribution in [2.45, 2.75) is 45.7 Å². The summed E-state index contributed by atoms with van der Waals surface area (Å²) in [7, 11) is 1.63. The predicted octanol–water partition coefficient (Wildman–Crippen LogP) is 3.76. The fourth-order valence-corrected chi connectivity index (χ4v) is 3.59. The van der Waals surface area contributed by atoms with E-state index in [1.165, 1.54) is 4.90 Å². The van der Waals surface area contributed by atoms with Gasteiger partial charge in [0.25, 0.3) is 5.91 Å².